The molecule has 0 aromatic carbocycles. The van der Waals surface area contributed by atoms with Gasteiger partial charge in [-0.1, -0.05) is 306 Å². The van der Waals surface area contributed by atoms with E-state index in [0.29, 0.717) is 19.3 Å². The van der Waals surface area contributed by atoms with Crippen LogP contribution in [-0.2, 0) is 28.6 Å². The van der Waals surface area contributed by atoms with Crippen molar-refractivity contribution in [3.63, 3.8) is 0 Å². The highest BCUT2D eigenvalue weighted by Crippen LogP contribution is 2.17. The van der Waals surface area contributed by atoms with Gasteiger partial charge in [0.15, 0.2) is 6.10 Å². The van der Waals surface area contributed by atoms with E-state index in [2.05, 4.69) is 81.5 Å². The number of carbonyl (C=O) groups is 3. The number of hydrogen-bond acceptors (Lipinski definition) is 6. The van der Waals surface area contributed by atoms with E-state index in [1.807, 2.05) is 0 Å². The normalized spacial score (nSPS) is 12.4. The molecule has 0 aromatic rings. The Morgan fingerprint density at radius 3 is 0.753 bits per heavy atom. The fourth-order valence-corrected chi connectivity index (χ4v) is 9.89. The first kappa shape index (κ1) is 74.1. The molecule has 0 aliphatic carbocycles. The van der Waals surface area contributed by atoms with Gasteiger partial charge in [-0.3, -0.25) is 14.4 Å². The van der Waals surface area contributed by atoms with Gasteiger partial charge >= 0.3 is 17.9 Å². The van der Waals surface area contributed by atoms with Crippen molar-refractivity contribution in [1.29, 1.82) is 0 Å². The van der Waals surface area contributed by atoms with Gasteiger partial charge in [0.05, 0.1) is 0 Å². The van der Waals surface area contributed by atoms with Crippen LogP contribution in [0.15, 0.2) is 60.8 Å². The minimum atomic E-state index is -0.780. The average molecular weight is 1080 g/mol. The minimum absolute atomic E-state index is 0.0758. The lowest BCUT2D eigenvalue weighted by atomic mass is 10.0. The third kappa shape index (κ3) is 63.8. The van der Waals surface area contributed by atoms with Crippen LogP contribution in [0.2, 0.25) is 0 Å². The van der Waals surface area contributed by atoms with E-state index in [1.165, 1.54) is 218 Å². The van der Waals surface area contributed by atoms with Crippen LogP contribution < -0.4 is 0 Å². The highest BCUT2D eigenvalue weighted by molar-refractivity contribution is 5.71. The lowest BCUT2D eigenvalue weighted by Gasteiger charge is -2.18. The number of unbranched alkanes of at least 4 members (excludes halogenated alkanes) is 41. The van der Waals surface area contributed by atoms with Crippen LogP contribution in [0.5, 0.6) is 0 Å². The van der Waals surface area contributed by atoms with Crippen molar-refractivity contribution in [1.82, 2.24) is 0 Å². The molecule has 0 aromatic heterocycles. The lowest BCUT2D eigenvalue weighted by Crippen LogP contribution is -2.30. The highest BCUT2D eigenvalue weighted by Gasteiger charge is 2.19. The van der Waals surface area contributed by atoms with E-state index in [0.717, 1.165) is 96.3 Å². The zero-order valence-electron chi connectivity index (χ0n) is 51.5. The van der Waals surface area contributed by atoms with Gasteiger partial charge in [-0.25, -0.2) is 0 Å². The second-order valence-corrected chi connectivity index (χ2v) is 22.7. The Labute approximate surface area is 479 Å². The number of esters is 3. The second-order valence-electron chi connectivity index (χ2n) is 22.7. The predicted molar refractivity (Wildman–Crippen MR) is 335 cm³/mol. The Morgan fingerprint density at radius 2 is 0.468 bits per heavy atom. The van der Waals surface area contributed by atoms with Crippen LogP contribution in [-0.4, -0.2) is 37.2 Å². The van der Waals surface area contributed by atoms with Gasteiger partial charge in [0.1, 0.15) is 13.2 Å². The van der Waals surface area contributed by atoms with E-state index >= 15 is 0 Å². The summed E-state index contributed by atoms with van der Waals surface area (Å²) in [6.07, 6.45) is 83.8. The first-order chi connectivity index (χ1) is 38.0. The second kappa shape index (κ2) is 65.6. The summed E-state index contributed by atoms with van der Waals surface area (Å²) in [5.74, 6) is -0.870. The molecule has 0 amide bonds. The van der Waals surface area contributed by atoms with Gasteiger partial charge in [0, 0.05) is 19.3 Å². The Morgan fingerprint density at radius 1 is 0.260 bits per heavy atom. The van der Waals surface area contributed by atoms with Crippen LogP contribution in [0.4, 0.5) is 0 Å². The molecule has 1 atom stereocenters. The quantitative estimate of drug-likeness (QED) is 0.0261. The van der Waals surface area contributed by atoms with Crippen molar-refractivity contribution in [2.24, 2.45) is 0 Å². The summed E-state index contributed by atoms with van der Waals surface area (Å²) in [5, 5.41) is 0. The summed E-state index contributed by atoms with van der Waals surface area (Å²) in [6.45, 7) is 6.64. The van der Waals surface area contributed by atoms with Gasteiger partial charge in [-0.2, -0.15) is 0 Å². The number of rotatable bonds is 62. The molecule has 0 N–H and O–H groups in total. The molecular formula is C71H128O6. The first-order valence-corrected chi connectivity index (χ1v) is 33.8. The minimum Gasteiger partial charge on any atom is -0.462 e. The molecule has 0 aliphatic heterocycles. The summed E-state index contributed by atoms with van der Waals surface area (Å²) in [5.41, 5.74) is 0. The lowest BCUT2D eigenvalue weighted by molar-refractivity contribution is -0.167. The summed E-state index contributed by atoms with van der Waals surface area (Å²) >= 11 is 0. The van der Waals surface area contributed by atoms with Gasteiger partial charge in [0.25, 0.3) is 0 Å². The first-order valence-electron chi connectivity index (χ1n) is 33.8. The molecular weight excluding hydrogens is 949 g/mol. The van der Waals surface area contributed by atoms with Crippen LogP contribution in [0, 0.1) is 0 Å². The average Bonchev–Trinajstić information content (AvgIpc) is 3.43. The molecule has 0 heterocycles. The fraction of sp³-hybridized carbons (Fsp3) is 0.817. The smallest absolute Gasteiger partial charge is 0.306 e. The number of carbonyl (C=O) groups excluding carboxylic acids is 3. The fourth-order valence-electron chi connectivity index (χ4n) is 9.89. The van der Waals surface area contributed by atoms with E-state index in [9.17, 15) is 14.4 Å². The maximum atomic E-state index is 12.9. The van der Waals surface area contributed by atoms with E-state index in [4.69, 9.17) is 14.2 Å². The molecule has 0 fully saturated rings. The Balaban J connectivity index is 4.23. The predicted octanol–water partition coefficient (Wildman–Crippen LogP) is 23.1. The van der Waals surface area contributed by atoms with Crippen LogP contribution in [0.3, 0.4) is 0 Å². The third-order valence-corrected chi connectivity index (χ3v) is 15.0. The van der Waals surface area contributed by atoms with E-state index in [1.54, 1.807) is 0 Å². The molecule has 0 spiro atoms. The van der Waals surface area contributed by atoms with Crippen molar-refractivity contribution >= 4 is 17.9 Å². The molecule has 0 radical (unpaired) electrons. The highest BCUT2D eigenvalue weighted by atomic mass is 16.6. The summed E-state index contributed by atoms with van der Waals surface area (Å²) < 4.78 is 16.9. The van der Waals surface area contributed by atoms with Gasteiger partial charge < -0.3 is 14.2 Å². The van der Waals surface area contributed by atoms with Gasteiger partial charge in [0.2, 0.25) is 0 Å². The van der Waals surface area contributed by atoms with Crippen LogP contribution in [0.1, 0.15) is 355 Å². The maximum absolute atomic E-state index is 12.9. The Bertz CT molecular complexity index is 1380. The number of ether oxygens (including phenoxy) is 3. The molecule has 0 saturated carbocycles. The molecule has 1 unspecified atom stereocenters. The Kier molecular flexibility index (Phi) is 63.2. The van der Waals surface area contributed by atoms with Crippen molar-refractivity contribution in [2.75, 3.05) is 13.2 Å². The van der Waals surface area contributed by atoms with Crippen LogP contribution >= 0.6 is 0 Å². The van der Waals surface area contributed by atoms with E-state index in [-0.39, 0.29) is 31.1 Å². The van der Waals surface area contributed by atoms with Crippen molar-refractivity contribution < 1.29 is 28.6 Å². The summed E-state index contributed by atoms with van der Waals surface area (Å²) in [6, 6.07) is 0. The SMILES string of the molecule is CCCCC/C=C\C/C=C\CCCCCCCC(=O)OC(COC(=O)CCCCCCCCCCCCCCCCC)COC(=O)CCCCCCCCCCCCCCCC/C=C\C/C=C\C/C=C\CCCCCCC. The third-order valence-electron chi connectivity index (χ3n) is 15.0. The molecule has 77 heavy (non-hydrogen) atoms. The summed E-state index contributed by atoms with van der Waals surface area (Å²) in [4.78, 5) is 38.3. The zero-order valence-corrected chi connectivity index (χ0v) is 51.5. The zero-order chi connectivity index (χ0) is 55.7. The summed E-state index contributed by atoms with van der Waals surface area (Å²) in [7, 11) is 0. The number of allylic oxidation sites excluding steroid dienone is 10. The van der Waals surface area contributed by atoms with Crippen molar-refractivity contribution in [3.8, 4) is 0 Å². The monoisotopic (exact) mass is 1080 g/mol. The van der Waals surface area contributed by atoms with E-state index < -0.39 is 6.10 Å². The molecule has 6 nitrogen and oxygen atoms in total. The molecule has 0 aliphatic rings. The molecule has 0 rings (SSSR count). The standard InChI is InChI=1S/C71H128O6/c1-4-7-10-13-16-19-22-25-28-29-30-31-32-33-34-35-36-37-38-39-40-41-44-46-49-52-55-58-61-64-70(73)76-67-68(77-71(74)65-62-59-56-53-50-47-43-27-24-21-18-15-12-9-6-3)66-75-69(72)63-60-57-54-51-48-45-42-26-23-20-17-14-11-8-5-2/h18,21-22,25,27,29-30,32-33,43,68H,4-17,19-20,23-24,26,28,31,34-42,44-67H2,1-3H3/b21-18-,25-22-,30-29-,33-32-,43-27-. The van der Waals surface area contributed by atoms with Crippen molar-refractivity contribution in [2.45, 2.75) is 361 Å². The molecule has 6 heteroatoms. The van der Waals surface area contributed by atoms with Gasteiger partial charge in [-0.05, 0) is 89.9 Å². The van der Waals surface area contributed by atoms with Crippen molar-refractivity contribution in [3.05, 3.63) is 60.8 Å². The largest absolute Gasteiger partial charge is 0.462 e. The number of hydrogen-bond donors (Lipinski definition) is 0. The molecule has 0 bridgehead atoms. The Hall–Kier alpha value is -2.89. The maximum Gasteiger partial charge on any atom is 0.306 e. The molecule has 0 saturated heterocycles. The topological polar surface area (TPSA) is 78.9 Å². The molecule has 448 valence electrons. The van der Waals surface area contributed by atoms with Crippen LogP contribution in [0.25, 0.3) is 0 Å². The van der Waals surface area contributed by atoms with Gasteiger partial charge in [-0.15, -0.1) is 0 Å².